The molecule has 0 bridgehead atoms. The van der Waals surface area contributed by atoms with E-state index < -0.39 is 10.8 Å². The highest BCUT2D eigenvalue weighted by Gasteiger charge is 2.18. The molecule has 0 unspecified atom stereocenters. The van der Waals surface area contributed by atoms with Gasteiger partial charge in [-0.1, -0.05) is 23.7 Å². The molecular formula is C16H10ClN3O4. The molecule has 2 N–H and O–H groups in total. The summed E-state index contributed by atoms with van der Waals surface area (Å²) in [6.07, 6.45) is 0. The van der Waals surface area contributed by atoms with Gasteiger partial charge in [-0.25, -0.2) is 0 Å². The fourth-order valence-corrected chi connectivity index (χ4v) is 2.39. The second kappa shape index (κ2) is 6.13. The third-order valence-corrected chi connectivity index (χ3v) is 3.56. The van der Waals surface area contributed by atoms with Crippen molar-refractivity contribution in [3.63, 3.8) is 0 Å². The molecule has 1 heterocycles. The summed E-state index contributed by atoms with van der Waals surface area (Å²) in [7, 11) is 0. The van der Waals surface area contributed by atoms with Gasteiger partial charge in [-0.3, -0.25) is 20.3 Å². The van der Waals surface area contributed by atoms with Gasteiger partial charge in [-0.05, 0) is 30.3 Å². The molecule has 24 heavy (non-hydrogen) atoms. The van der Waals surface area contributed by atoms with Gasteiger partial charge in [0.15, 0.2) is 0 Å². The van der Waals surface area contributed by atoms with Crippen molar-refractivity contribution < 1.29 is 14.1 Å². The Morgan fingerprint density at radius 2 is 1.96 bits per heavy atom. The Morgan fingerprint density at radius 1 is 1.21 bits per heavy atom. The minimum Gasteiger partial charge on any atom is -0.438 e. The van der Waals surface area contributed by atoms with Crippen LogP contribution in [-0.2, 0) is 0 Å². The van der Waals surface area contributed by atoms with Gasteiger partial charge in [0.2, 0.25) is 5.55 Å². The molecule has 7 nitrogen and oxygen atoms in total. The maximum Gasteiger partial charge on any atom is 0.292 e. The fourth-order valence-electron chi connectivity index (χ4n) is 2.21. The van der Waals surface area contributed by atoms with Crippen LogP contribution in [0.4, 0.5) is 11.4 Å². The van der Waals surface area contributed by atoms with E-state index >= 15 is 0 Å². The second-order valence-electron chi connectivity index (χ2n) is 4.90. The Kier molecular flexibility index (Phi) is 4.01. The minimum absolute atomic E-state index is 0.0399. The van der Waals surface area contributed by atoms with Crippen LogP contribution in [0.3, 0.4) is 0 Å². The first-order chi connectivity index (χ1) is 11.5. The lowest BCUT2D eigenvalue weighted by molar-refractivity contribution is -0.383. The molecule has 3 rings (SSSR count). The first kappa shape index (κ1) is 15.7. The number of nitrogens with zero attached hydrogens (tertiary/aromatic N) is 1. The van der Waals surface area contributed by atoms with Crippen LogP contribution >= 0.6 is 11.6 Å². The van der Waals surface area contributed by atoms with E-state index in [1.165, 1.54) is 24.3 Å². The number of amides is 1. The smallest absolute Gasteiger partial charge is 0.292 e. The van der Waals surface area contributed by atoms with Crippen molar-refractivity contribution in [1.82, 2.24) is 0 Å². The molecule has 0 radical (unpaired) electrons. The molecule has 3 aromatic rings. The highest BCUT2D eigenvalue weighted by molar-refractivity contribution is 6.31. The Labute approximate surface area is 140 Å². The molecule has 2 aromatic carbocycles. The number of nitro benzene ring substituents is 1. The van der Waals surface area contributed by atoms with Crippen LogP contribution in [0.1, 0.15) is 10.4 Å². The SMILES string of the molecule is N=c1oc2ccc(Cl)cc2cc1C(=O)Nc1ccccc1[N+](=O)[O-]. The Morgan fingerprint density at radius 3 is 2.71 bits per heavy atom. The van der Waals surface area contributed by atoms with E-state index in [4.69, 9.17) is 21.4 Å². The summed E-state index contributed by atoms with van der Waals surface area (Å²) in [6.45, 7) is 0. The molecule has 0 atom stereocenters. The van der Waals surface area contributed by atoms with Gasteiger partial charge in [-0.15, -0.1) is 0 Å². The van der Waals surface area contributed by atoms with E-state index in [0.717, 1.165) is 0 Å². The maximum absolute atomic E-state index is 12.4. The monoisotopic (exact) mass is 343 g/mol. The average Bonchev–Trinajstić information content (AvgIpc) is 2.54. The first-order valence-electron chi connectivity index (χ1n) is 6.78. The van der Waals surface area contributed by atoms with Crippen LogP contribution in [0.5, 0.6) is 0 Å². The van der Waals surface area contributed by atoms with Gasteiger partial charge < -0.3 is 9.73 Å². The normalized spacial score (nSPS) is 10.5. The van der Waals surface area contributed by atoms with Crippen molar-refractivity contribution in [3.8, 4) is 0 Å². The zero-order valence-corrected chi connectivity index (χ0v) is 12.8. The summed E-state index contributed by atoms with van der Waals surface area (Å²) in [5.41, 5.74) is -0.188. The van der Waals surface area contributed by atoms with E-state index in [9.17, 15) is 14.9 Å². The number of fused-ring (bicyclic) bond motifs is 1. The predicted molar refractivity (Wildman–Crippen MR) is 88.1 cm³/mol. The van der Waals surface area contributed by atoms with E-state index in [1.54, 1.807) is 24.3 Å². The maximum atomic E-state index is 12.4. The van der Waals surface area contributed by atoms with Crippen LogP contribution < -0.4 is 10.9 Å². The molecule has 0 aliphatic rings. The van der Waals surface area contributed by atoms with Gasteiger partial charge in [0.05, 0.1) is 4.92 Å². The minimum atomic E-state index is -0.681. The number of nitro groups is 1. The van der Waals surface area contributed by atoms with Crippen LogP contribution in [0.25, 0.3) is 11.0 Å². The average molecular weight is 344 g/mol. The number of halogens is 1. The van der Waals surface area contributed by atoms with Gasteiger partial charge in [0.25, 0.3) is 11.6 Å². The van der Waals surface area contributed by atoms with E-state index in [1.807, 2.05) is 0 Å². The molecule has 0 aliphatic carbocycles. The van der Waals surface area contributed by atoms with E-state index in [0.29, 0.717) is 16.0 Å². The van der Waals surface area contributed by atoms with Crippen LogP contribution in [-0.4, -0.2) is 10.8 Å². The third kappa shape index (κ3) is 2.97. The molecule has 8 heteroatoms. The van der Waals surface area contributed by atoms with Crippen molar-refractivity contribution in [2.75, 3.05) is 5.32 Å². The zero-order valence-electron chi connectivity index (χ0n) is 12.1. The number of hydrogen-bond acceptors (Lipinski definition) is 5. The van der Waals surface area contributed by atoms with Crippen molar-refractivity contribution in [2.45, 2.75) is 0 Å². The topological polar surface area (TPSA) is 109 Å². The van der Waals surface area contributed by atoms with E-state index in [2.05, 4.69) is 5.32 Å². The molecule has 0 aliphatic heterocycles. The Hall–Kier alpha value is -3.19. The van der Waals surface area contributed by atoms with Crippen LogP contribution in [0.2, 0.25) is 5.02 Å². The summed E-state index contributed by atoms with van der Waals surface area (Å²) in [5.74, 6) is -0.681. The predicted octanol–water partition coefficient (Wildman–Crippen LogP) is 3.73. The van der Waals surface area contributed by atoms with Crippen molar-refractivity contribution >= 4 is 39.9 Å². The molecule has 120 valence electrons. The molecular weight excluding hydrogens is 334 g/mol. The Bertz CT molecular complexity index is 1030. The van der Waals surface area contributed by atoms with Gasteiger partial charge in [-0.2, -0.15) is 0 Å². The highest BCUT2D eigenvalue weighted by atomic mass is 35.5. The summed E-state index contributed by atoms with van der Waals surface area (Å²) in [4.78, 5) is 22.8. The first-order valence-corrected chi connectivity index (χ1v) is 7.16. The zero-order chi connectivity index (χ0) is 17.3. The van der Waals surface area contributed by atoms with Crippen molar-refractivity contribution in [2.24, 2.45) is 0 Å². The molecule has 0 saturated heterocycles. The summed E-state index contributed by atoms with van der Waals surface area (Å²) < 4.78 is 5.30. The number of hydrogen-bond donors (Lipinski definition) is 2. The summed E-state index contributed by atoms with van der Waals surface area (Å²) >= 11 is 5.91. The number of carbonyl (C=O) groups excluding carboxylic acids is 1. The van der Waals surface area contributed by atoms with Crippen LogP contribution in [0.15, 0.2) is 52.9 Å². The van der Waals surface area contributed by atoms with Gasteiger partial charge in [0, 0.05) is 16.5 Å². The van der Waals surface area contributed by atoms with Crippen LogP contribution in [0, 0.1) is 15.5 Å². The number of para-hydroxylation sites is 2. The number of nitrogens with one attached hydrogen (secondary N) is 2. The van der Waals surface area contributed by atoms with Gasteiger partial charge >= 0.3 is 0 Å². The number of carbonyl (C=O) groups is 1. The largest absolute Gasteiger partial charge is 0.438 e. The molecule has 1 amide bonds. The summed E-state index contributed by atoms with van der Waals surface area (Å²) in [6, 6.07) is 12.0. The third-order valence-electron chi connectivity index (χ3n) is 3.32. The highest BCUT2D eigenvalue weighted by Crippen LogP contribution is 2.24. The molecule has 1 aromatic heterocycles. The van der Waals surface area contributed by atoms with Crippen molar-refractivity contribution in [1.29, 1.82) is 5.41 Å². The number of benzene rings is 2. The lowest BCUT2D eigenvalue weighted by Crippen LogP contribution is -2.21. The van der Waals surface area contributed by atoms with Gasteiger partial charge in [0.1, 0.15) is 16.8 Å². The standard InChI is InChI=1S/C16H10ClN3O4/c17-10-5-6-14-9(7-10)8-11(15(18)24-14)16(21)19-12-3-1-2-4-13(12)20(22)23/h1-8,18H,(H,19,21). The van der Waals surface area contributed by atoms with Crippen molar-refractivity contribution in [3.05, 3.63) is 74.8 Å². The lowest BCUT2D eigenvalue weighted by Gasteiger charge is -2.07. The number of anilines is 1. The fraction of sp³-hybridized carbons (Fsp3) is 0. The molecule has 0 saturated carbocycles. The second-order valence-corrected chi connectivity index (χ2v) is 5.34. The quantitative estimate of drug-likeness (QED) is 0.557. The summed E-state index contributed by atoms with van der Waals surface area (Å²) in [5, 5.41) is 22.3. The lowest BCUT2D eigenvalue weighted by atomic mass is 10.1. The Balaban J connectivity index is 2.02. The molecule has 0 fully saturated rings. The number of rotatable bonds is 3. The molecule has 0 spiro atoms. The van der Waals surface area contributed by atoms with E-state index in [-0.39, 0.29) is 22.5 Å².